The van der Waals surface area contributed by atoms with Gasteiger partial charge in [0.1, 0.15) is 5.82 Å². The summed E-state index contributed by atoms with van der Waals surface area (Å²) in [5, 5.41) is 8.94. The number of benzene rings is 1. The maximum absolute atomic E-state index is 12.9. The zero-order valence-corrected chi connectivity index (χ0v) is 19.0. The van der Waals surface area contributed by atoms with Crippen LogP contribution in [0.5, 0.6) is 0 Å². The predicted molar refractivity (Wildman–Crippen MR) is 118 cm³/mol. The molecule has 2 heterocycles. The Labute approximate surface area is 182 Å². The number of carbonyl (C=O) groups excluding carboxylic acids is 2. The molecule has 1 aliphatic rings. The zero-order valence-electron chi connectivity index (χ0n) is 18.2. The van der Waals surface area contributed by atoms with E-state index in [2.05, 4.69) is 55.2 Å². The summed E-state index contributed by atoms with van der Waals surface area (Å²) < 4.78 is 1.83. The molecule has 0 radical (unpaired) electrons. The van der Waals surface area contributed by atoms with Crippen LogP contribution < -0.4 is 5.73 Å². The van der Waals surface area contributed by atoms with E-state index in [-0.39, 0.29) is 29.7 Å². The highest BCUT2D eigenvalue weighted by molar-refractivity contribution is 7.99. The maximum atomic E-state index is 12.9. The first-order valence-electron chi connectivity index (χ1n) is 10.4. The molecule has 2 N–H and O–H groups in total. The normalized spacial score (nSPS) is 16.8. The van der Waals surface area contributed by atoms with E-state index in [1.807, 2.05) is 16.5 Å². The number of nitrogens with two attached hydrogens (primary N) is 1. The number of likely N-dealkylation sites (tertiary alicyclic amines) is 1. The second-order valence-corrected chi connectivity index (χ2v) is 9.77. The molecular weight excluding hydrogens is 398 g/mol. The number of hydrogen-bond acceptors (Lipinski definition) is 5. The zero-order chi connectivity index (χ0) is 21.9. The standard InChI is InChI=1S/C22H31N5O2S/c1-22(2,3)16-9-7-15(8-10-16)17-6-5-13-27(17)20(29)14-30-21-25-24-19(26(21)4)12-11-18(23)28/h7-10,17H,5-6,11-14H2,1-4H3,(H2,23,28). The second-order valence-electron chi connectivity index (χ2n) is 8.83. The minimum absolute atomic E-state index is 0.115. The fourth-order valence-electron chi connectivity index (χ4n) is 3.75. The lowest BCUT2D eigenvalue weighted by atomic mass is 9.86. The molecule has 30 heavy (non-hydrogen) atoms. The van der Waals surface area contributed by atoms with E-state index in [0.29, 0.717) is 23.2 Å². The molecule has 1 unspecified atom stereocenters. The minimum Gasteiger partial charge on any atom is -0.370 e. The Morgan fingerprint density at radius 2 is 1.90 bits per heavy atom. The summed E-state index contributed by atoms with van der Waals surface area (Å²) in [6.07, 6.45) is 2.70. The van der Waals surface area contributed by atoms with Crippen LogP contribution in [0.3, 0.4) is 0 Å². The van der Waals surface area contributed by atoms with Gasteiger partial charge in [-0.2, -0.15) is 0 Å². The van der Waals surface area contributed by atoms with Crippen molar-refractivity contribution < 1.29 is 9.59 Å². The number of nitrogens with zero attached hydrogens (tertiary/aromatic N) is 4. The molecule has 1 fully saturated rings. The number of aromatic nitrogens is 3. The Kier molecular flexibility index (Phi) is 6.85. The number of carbonyl (C=O) groups is 2. The van der Waals surface area contributed by atoms with Gasteiger partial charge in [-0.05, 0) is 29.4 Å². The maximum Gasteiger partial charge on any atom is 0.233 e. The first-order chi connectivity index (χ1) is 14.2. The van der Waals surface area contributed by atoms with Gasteiger partial charge in [0, 0.05) is 26.4 Å². The first-order valence-corrected chi connectivity index (χ1v) is 11.3. The molecule has 0 saturated carbocycles. The molecular formula is C22H31N5O2S. The van der Waals surface area contributed by atoms with Crippen molar-refractivity contribution in [1.29, 1.82) is 0 Å². The Morgan fingerprint density at radius 3 is 2.53 bits per heavy atom. The van der Waals surface area contributed by atoms with Gasteiger partial charge in [-0.3, -0.25) is 9.59 Å². The molecule has 1 aliphatic heterocycles. The lowest BCUT2D eigenvalue weighted by Crippen LogP contribution is -2.32. The number of hydrogen-bond donors (Lipinski definition) is 1. The van der Waals surface area contributed by atoms with Crippen molar-refractivity contribution in [3.63, 3.8) is 0 Å². The number of rotatable bonds is 7. The third kappa shape index (κ3) is 5.22. The lowest BCUT2D eigenvalue weighted by molar-refractivity contribution is -0.129. The number of aryl methyl sites for hydroxylation is 1. The van der Waals surface area contributed by atoms with Gasteiger partial charge < -0.3 is 15.2 Å². The van der Waals surface area contributed by atoms with Gasteiger partial charge in [-0.1, -0.05) is 56.8 Å². The van der Waals surface area contributed by atoms with Crippen molar-refractivity contribution in [2.24, 2.45) is 12.8 Å². The predicted octanol–water partition coefficient (Wildman–Crippen LogP) is 2.99. The summed E-state index contributed by atoms with van der Waals surface area (Å²) in [7, 11) is 1.85. The molecule has 162 valence electrons. The van der Waals surface area contributed by atoms with Gasteiger partial charge >= 0.3 is 0 Å². The molecule has 1 aromatic carbocycles. The van der Waals surface area contributed by atoms with Crippen molar-refractivity contribution in [1.82, 2.24) is 19.7 Å². The van der Waals surface area contributed by atoms with Crippen molar-refractivity contribution in [3.05, 3.63) is 41.2 Å². The quantitative estimate of drug-likeness (QED) is 0.683. The summed E-state index contributed by atoms with van der Waals surface area (Å²) in [6, 6.07) is 8.82. The fourth-order valence-corrected chi connectivity index (χ4v) is 4.57. The summed E-state index contributed by atoms with van der Waals surface area (Å²) in [5.74, 6) is 0.766. The Bertz CT molecular complexity index is 901. The molecule has 1 saturated heterocycles. The number of thioether (sulfide) groups is 1. The largest absolute Gasteiger partial charge is 0.370 e. The van der Waals surface area contributed by atoms with E-state index in [4.69, 9.17) is 5.73 Å². The first kappa shape index (κ1) is 22.3. The van der Waals surface area contributed by atoms with Crippen molar-refractivity contribution in [3.8, 4) is 0 Å². The molecule has 1 aromatic heterocycles. The van der Waals surface area contributed by atoms with E-state index < -0.39 is 0 Å². The Morgan fingerprint density at radius 1 is 1.20 bits per heavy atom. The molecule has 8 heteroatoms. The highest BCUT2D eigenvalue weighted by Gasteiger charge is 2.30. The van der Waals surface area contributed by atoms with Gasteiger partial charge in [0.2, 0.25) is 11.8 Å². The monoisotopic (exact) mass is 429 g/mol. The smallest absolute Gasteiger partial charge is 0.233 e. The second kappa shape index (κ2) is 9.20. The molecule has 2 amide bonds. The van der Waals surface area contributed by atoms with Crippen molar-refractivity contribution in [2.45, 2.75) is 63.1 Å². The molecule has 0 spiro atoms. The molecule has 2 aromatic rings. The van der Waals surface area contributed by atoms with Gasteiger partial charge in [0.15, 0.2) is 5.16 Å². The summed E-state index contributed by atoms with van der Waals surface area (Å²) in [4.78, 5) is 25.9. The minimum atomic E-state index is -0.363. The average molecular weight is 430 g/mol. The van der Waals surface area contributed by atoms with Crippen LogP contribution in [0.1, 0.15) is 63.0 Å². The molecule has 3 rings (SSSR count). The topological polar surface area (TPSA) is 94.1 Å². The van der Waals surface area contributed by atoms with Crippen molar-refractivity contribution >= 4 is 23.6 Å². The van der Waals surface area contributed by atoms with Gasteiger partial charge in [-0.25, -0.2) is 0 Å². The Hall–Kier alpha value is -2.35. The van der Waals surface area contributed by atoms with Crippen LogP contribution in [-0.4, -0.2) is 43.8 Å². The van der Waals surface area contributed by atoms with Crippen molar-refractivity contribution in [2.75, 3.05) is 12.3 Å². The van der Waals surface area contributed by atoms with E-state index >= 15 is 0 Å². The van der Waals surface area contributed by atoms with E-state index in [9.17, 15) is 9.59 Å². The van der Waals surface area contributed by atoms with Gasteiger partial charge in [0.25, 0.3) is 0 Å². The summed E-state index contributed by atoms with van der Waals surface area (Å²) >= 11 is 1.38. The van der Waals surface area contributed by atoms with E-state index in [0.717, 1.165) is 19.4 Å². The van der Waals surface area contributed by atoms with Crippen LogP contribution in [0.15, 0.2) is 29.4 Å². The SMILES string of the molecule is Cn1c(CCC(N)=O)nnc1SCC(=O)N1CCCC1c1ccc(C(C)(C)C)cc1. The highest BCUT2D eigenvalue weighted by Crippen LogP contribution is 2.34. The summed E-state index contributed by atoms with van der Waals surface area (Å²) in [5.41, 5.74) is 7.82. The summed E-state index contributed by atoms with van der Waals surface area (Å²) in [6.45, 7) is 7.40. The van der Waals surface area contributed by atoms with Crippen LogP contribution in [0, 0.1) is 0 Å². The Balaban J connectivity index is 1.62. The van der Waals surface area contributed by atoms with E-state index in [1.165, 1.54) is 22.9 Å². The van der Waals surface area contributed by atoms with Crippen LogP contribution in [0.2, 0.25) is 0 Å². The van der Waals surface area contributed by atoms with Crippen LogP contribution in [0.4, 0.5) is 0 Å². The van der Waals surface area contributed by atoms with Crippen LogP contribution >= 0.6 is 11.8 Å². The third-order valence-electron chi connectivity index (χ3n) is 5.58. The van der Waals surface area contributed by atoms with Gasteiger partial charge in [0.05, 0.1) is 11.8 Å². The fraction of sp³-hybridized carbons (Fsp3) is 0.545. The molecule has 1 atom stereocenters. The number of primary amides is 1. The van der Waals surface area contributed by atoms with Gasteiger partial charge in [-0.15, -0.1) is 10.2 Å². The molecule has 0 aliphatic carbocycles. The van der Waals surface area contributed by atoms with Crippen LogP contribution in [-0.2, 0) is 28.5 Å². The highest BCUT2D eigenvalue weighted by atomic mass is 32.2. The number of amides is 2. The average Bonchev–Trinajstić information content (AvgIpc) is 3.31. The molecule has 7 nitrogen and oxygen atoms in total. The molecule has 0 bridgehead atoms. The third-order valence-corrected chi connectivity index (χ3v) is 6.58. The van der Waals surface area contributed by atoms with E-state index in [1.54, 1.807) is 0 Å². The van der Waals surface area contributed by atoms with Crippen LogP contribution in [0.25, 0.3) is 0 Å². The lowest BCUT2D eigenvalue weighted by Gasteiger charge is -2.26.